The molecule has 1 aromatic heterocycles. The fourth-order valence-corrected chi connectivity index (χ4v) is 3.15. The number of carbonyl (C=O) groups excluding carboxylic acids is 1. The molecule has 116 valence electrons. The fraction of sp³-hybridized carbons (Fsp3) is 0.444. The van der Waals surface area contributed by atoms with Crippen LogP contribution in [0.2, 0.25) is 0 Å². The largest absolute Gasteiger partial charge is 0.323 e. The van der Waals surface area contributed by atoms with Crippen LogP contribution in [0.5, 0.6) is 0 Å². The van der Waals surface area contributed by atoms with Crippen molar-refractivity contribution in [3.8, 4) is 0 Å². The van der Waals surface area contributed by atoms with Gasteiger partial charge in [0, 0.05) is 5.92 Å². The van der Waals surface area contributed by atoms with E-state index >= 15 is 0 Å². The van der Waals surface area contributed by atoms with Crippen LogP contribution >= 0.6 is 0 Å². The summed E-state index contributed by atoms with van der Waals surface area (Å²) in [6, 6.07) is 10.4. The van der Waals surface area contributed by atoms with Gasteiger partial charge in [-0.05, 0) is 38.2 Å². The molecule has 1 saturated carbocycles. The van der Waals surface area contributed by atoms with Crippen molar-refractivity contribution in [3.63, 3.8) is 0 Å². The van der Waals surface area contributed by atoms with Gasteiger partial charge >= 0.3 is 0 Å². The summed E-state index contributed by atoms with van der Waals surface area (Å²) in [7, 11) is 0. The molecule has 4 heteroatoms. The van der Waals surface area contributed by atoms with Crippen molar-refractivity contribution in [2.45, 2.75) is 45.4 Å². The number of hydrogen-bond donors (Lipinski definition) is 2. The highest BCUT2D eigenvalue weighted by Crippen LogP contribution is 2.27. The van der Waals surface area contributed by atoms with Gasteiger partial charge in [0.1, 0.15) is 0 Å². The zero-order chi connectivity index (χ0) is 15.4. The summed E-state index contributed by atoms with van der Waals surface area (Å²) in [6.07, 6.45) is 6.13. The lowest BCUT2D eigenvalue weighted by Crippen LogP contribution is -2.21. The van der Waals surface area contributed by atoms with Crippen molar-refractivity contribution >= 4 is 11.6 Å². The Morgan fingerprint density at radius 3 is 2.68 bits per heavy atom. The van der Waals surface area contributed by atoms with E-state index in [1.54, 1.807) is 0 Å². The van der Waals surface area contributed by atoms with Crippen LogP contribution in [0.3, 0.4) is 0 Å². The van der Waals surface area contributed by atoms with Crippen molar-refractivity contribution in [2.75, 3.05) is 5.32 Å². The number of nitrogens with zero attached hydrogens (tertiary/aromatic N) is 1. The summed E-state index contributed by atoms with van der Waals surface area (Å²) in [5.74, 6) is 0.333. The minimum absolute atomic E-state index is 0.156. The number of aromatic amines is 1. The normalized spacial score (nSPS) is 15.1. The number of H-pyrrole nitrogens is 1. The summed E-state index contributed by atoms with van der Waals surface area (Å²) < 4.78 is 0. The van der Waals surface area contributed by atoms with Crippen molar-refractivity contribution in [2.24, 2.45) is 5.92 Å². The maximum absolute atomic E-state index is 12.3. The van der Waals surface area contributed by atoms with Gasteiger partial charge in [-0.3, -0.25) is 9.89 Å². The highest BCUT2D eigenvalue weighted by Gasteiger charge is 2.24. The molecule has 0 atom stereocenters. The third-order valence-corrected chi connectivity index (χ3v) is 4.49. The summed E-state index contributed by atoms with van der Waals surface area (Å²) in [4.78, 5) is 12.3. The number of nitrogens with one attached hydrogen (secondary N) is 2. The predicted molar refractivity (Wildman–Crippen MR) is 87.8 cm³/mol. The Hall–Kier alpha value is -2.10. The third-order valence-electron chi connectivity index (χ3n) is 4.49. The second kappa shape index (κ2) is 6.77. The monoisotopic (exact) mass is 297 g/mol. The lowest BCUT2D eigenvalue weighted by Gasteiger charge is -2.11. The molecule has 0 bridgehead atoms. The van der Waals surface area contributed by atoms with Gasteiger partial charge in [0.2, 0.25) is 5.91 Å². The van der Waals surface area contributed by atoms with E-state index < -0.39 is 0 Å². The van der Waals surface area contributed by atoms with Crippen LogP contribution in [0, 0.1) is 12.8 Å². The first-order chi connectivity index (χ1) is 10.7. The molecule has 1 aromatic carbocycles. The lowest BCUT2D eigenvalue weighted by atomic mass is 10.1. The molecule has 1 amide bonds. The van der Waals surface area contributed by atoms with Gasteiger partial charge in [-0.25, -0.2) is 0 Å². The van der Waals surface area contributed by atoms with Crippen LogP contribution in [-0.2, 0) is 17.6 Å². The minimum atomic E-state index is 0.156. The lowest BCUT2D eigenvalue weighted by molar-refractivity contribution is -0.119. The third kappa shape index (κ3) is 3.38. The number of anilines is 1. The summed E-state index contributed by atoms with van der Waals surface area (Å²) in [5.41, 5.74) is 4.06. The second-order valence-corrected chi connectivity index (χ2v) is 6.13. The Morgan fingerprint density at radius 2 is 1.95 bits per heavy atom. The van der Waals surface area contributed by atoms with E-state index in [-0.39, 0.29) is 11.8 Å². The van der Waals surface area contributed by atoms with Crippen LogP contribution < -0.4 is 5.32 Å². The van der Waals surface area contributed by atoms with E-state index in [9.17, 15) is 4.79 Å². The van der Waals surface area contributed by atoms with E-state index in [1.807, 2.05) is 25.1 Å². The van der Waals surface area contributed by atoms with Crippen LogP contribution in [0.1, 0.15) is 42.6 Å². The number of amides is 1. The maximum atomic E-state index is 12.3. The number of aromatic nitrogens is 2. The molecule has 2 aromatic rings. The first kappa shape index (κ1) is 14.8. The Bertz CT molecular complexity index is 627. The fourth-order valence-electron chi connectivity index (χ4n) is 3.15. The Kier molecular flexibility index (Phi) is 4.56. The first-order valence-corrected chi connectivity index (χ1v) is 8.12. The van der Waals surface area contributed by atoms with Gasteiger partial charge in [0.15, 0.2) is 0 Å². The molecule has 0 unspecified atom stereocenters. The molecule has 4 nitrogen and oxygen atoms in total. The Balaban J connectivity index is 1.66. The van der Waals surface area contributed by atoms with E-state index in [1.165, 1.54) is 18.4 Å². The quantitative estimate of drug-likeness (QED) is 0.885. The molecule has 3 rings (SSSR count). The van der Waals surface area contributed by atoms with Crippen LogP contribution in [0.4, 0.5) is 5.69 Å². The number of rotatable bonds is 5. The SMILES string of the molecule is Cc1[nH]nc(CCc2ccccc2)c1NC(=O)C1CCCC1. The van der Waals surface area contributed by atoms with E-state index in [0.29, 0.717) is 0 Å². The molecule has 22 heavy (non-hydrogen) atoms. The van der Waals surface area contributed by atoms with E-state index in [4.69, 9.17) is 0 Å². The highest BCUT2D eigenvalue weighted by atomic mass is 16.1. The Labute approximate surface area is 131 Å². The number of hydrogen-bond acceptors (Lipinski definition) is 2. The molecule has 0 radical (unpaired) electrons. The molecular formula is C18H23N3O. The van der Waals surface area contributed by atoms with Crippen LogP contribution in [0.15, 0.2) is 30.3 Å². The Morgan fingerprint density at radius 1 is 1.23 bits per heavy atom. The molecule has 1 aliphatic rings. The van der Waals surface area contributed by atoms with Crippen LogP contribution in [-0.4, -0.2) is 16.1 Å². The summed E-state index contributed by atoms with van der Waals surface area (Å²) in [5, 5.41) is 10.5. The molecule has 2 N–H and O–H groups in total. The molecule has 0 aliphatic heterocycles. The summed E-state index contributed by atoms with van der Waals surface area (Å²) >= 11 is 0. The number of carbonyl (C=O) groups is 1. The van der Waals surface area contributed by atoms with E-state index in [2.05, 4.69) is 27.6 Å². The van der Waals surface area contributed by atoms with Gasteiger partial charge in [-0.15, -0.1) is 0 Å². The zero-order valence-corrected chi connectivity index (χ0v) is 13.1. The zero-order valence-electron chi connectivity index (χ0n) is 13.1. The number of benzene rings is 1. The van der Waals surface area contributed by atoms with Crippen molar-refractivity contribution in [1.82, 2.24) is 10.2 Å². The molecule has 1 aliphatic carbocycles. The van der Waals surface area contributed by atoms with Gasteiger partial charge < -0.3 is 5.32 Å². The highest BCUT2D eigenvalue weighted by molar-refractivity contribution is 5.93. The van der Waals surface area contributed by atoms with Gasteiger partial charge in [-0.2, -0.15) is 5.10 Å². The second-order valence-electron chi connectivity index (χ2n) is 6.13. The molecule has 1 fully saturated rings. The topological polar surface area (TPSA) is 57.8 Å². The average molecular weight is 297 g/mol. The molecule has 0 saturated heterocycles. The predicted octanol–water partition coefficient (Wildman–Crippen LogP) is 3.63. The van der Waals surface area contributed by atoms with Gasteiger partial charge in [-0.1, -0.05) is 43.2 Å². The number of aryl methyl sites for hydroxylation is 3. The molecule has 0 spiro atoms. The standard InChI is InChI=1S/C18H23N3O/c1-13-17(19-18(22)15-9-5-6-10-15)16(21-20-13)12-11-14-7-3-2-4-8-14/h2-4,7-8,15H,5-6,9-12H2,1H3,(H,19,22)(H,20,21). The molecular weight excluding hydrogens is 274 g/mol. The van der Waals surface area contributed by atoms with E-state index in [0.717, 1.165) is 42.8 Å². The van der Waals surface area contributed by atoms with Crippen LogP contribution in [0.25, 0.3) is 0 Å². The van der Waals surface area contributed by atoms with Gasteiger partial charge in [0.05, 0.1) is 17.1 Å². The first-order valence-electron chi connectivity index (χ1n) is 8.12. The smallest absolute Gasteiger partial charge is 0.227 e. The summed E-state index contributed by atoms with van der Waals surface area (Å²) in [6.45, 7) is 1.96. The van der Waals surface area contributed by atoms with Crippen molar-refractivity contribution in [1.29, 1.82) is 0 Å². The average Bonchev–Trinajstić information content (AvgIpc) is 3.18. The molecule has 1 heterocycles. The minimum Gasteiger partial charge on any atom is -0.323 e. The van der Waals surface area contributed by atoms with Gasteiger partial charge in [0.25, 0.3) is 0 Å². The maximum Gasteiger partial charge on any atom is 0.227 e. The van der Waals surface area contributed by atoms with Crippen molar-refractivity contribution in [3.05, 3.63) is 47.3 Å². The van der Waals surface area contributed by atoms with Crippen molar-refractivity contribution < 1.29 is 4.79 Å².